The maximum atomic E-state index is 12.5. The van der Waals surface area contributed by atoms with Crippen molar-refractivity contribution in [1.29, 1.82) is 0 Å². The molecule has 3 aromatic rings. The Balaban J connectivity index is 1.54. The fraction of sp³-hybridized carbons (Fsp3) is 0.278. The lowest BCUT2D eigenvalue weighted by atomic mass is 10.2. The molecule has 0 atom stereocenters. The van der Waals surface area contributed by atoms with E-state index in [0.29, 0.717) is 23.9 Å². The van der Waals surface area contributed by atoms with E-state index in [1.54, 1.807) is 17.1 Å². The molecule has 0 radical (unpaired) electrons. The zero-order valence-electron chi connectivity index (χ0n) is 14.8. The van der Waals surface area contributed by atoms with Crippen LogP contribution in [-0.4, -0.2) is 32.9 Å². The first-order valence-corrected chi connectivity index (χ1v) is 8.22. The van der Waals surface area contributed by atoms with Crippen LogP contribution in [0, 0.1) is 13.8 Å². The highest BCUT2D eigenvalue weighted by Crippen LogP contribution is 2.30. The quantitative estimate of drug-likeness (QED) is 0.662. The maximum Gasteiger partial charge on any atom is 0.416 e. The molecular weight excluding hydrogens is 359 g/mol. The van der Waals surface area contributed by atoms with Gasteiger partial charge in [0, 0.05) is 5.69 Å². The van der Waals surface area contributed by atoms with Gasteiger partial charge in [-0.2, -0.15) is 18.3 Å². The van der Waals surface area contributed by atoms with Gasteiger partial charge >= 0.3 is 6.18 Å². The van der Waals surface area contributed by atoms with E-state index >= 15 is 0 Å². The number of aromatic nitrogens is 4. The summed E-state index contributed by atoms with van der Waals surface area (Å²) in [4.78, 5) is 8.59. The van der Waals surface area contributed by atoms with Gasteiger partial charge in [0.05, 0.1) is 30.2 Å². The van der Waals surface area contributed by atoms with Gasteiger partial charge in [0.1, 0.15) is 18.2 Å². The first-order valence-electron chi connectivity index (χ1n) is 8.22. The van der Waals surface area contributed by atoms with Gasteiger partial charge in [-0.1, -0.05) is 0 Å². The fourth-order valence-electron chi connectivity index (χ4n) is 2.49. The summed E-state index contributed by atoms with van der Waals surface area (Å²) in [5.41, 5.74) is 1.13. The molecular formula is C18H18F3N5O. The summed E-state index contributed by atoms with van der Waals surface area (Å²) in [5.74, 6) is 1.51. The average Bonchev–Trinajstić information content (AvgIpc) is 2.97. The molecule has 2 aromatic heterocycles. The predicted octanol–water partition coefficient (Wildman–Crippen LogP) is 3.79. The van der Waals surface area contributed by atoms with E-state index < -0.39 is 11.7 Å². The molecule has 0 aliphatic rings. The average molecular weight is 377 g/mol. The third-order valence-electron chi connectivity index (χ3n) is 3.71. The predicted molar refractivity (Wildman–Crippen MR) is 94.1 cm³/mol. The highest BCUT2D eigenvalue weighted by Gasteiger charge is 2.29. The molecule has 6 nitrogen and oxygen atoms in total. The summed E-state index contributed by atoms with van der Waals surface area (Å²) >= 11 is 0. The van der Waals surface area contributed by atoms with E-state index in [1.165, 1.54) is 12.1 Å². The third kappa shape index (κ3) is 4.75. The van der Waals surface area contributed by atoms with Crippen LogP contribution in [0.5, 0.6) is 5.75 Å². The number of nitrogens with zero attached hydrogens (tertiary/aromatic N) is 4. The summed E-state index contributed by atoms with van der Waals surface area (Å²) < 4.78 is 44.7. The second kappa shape index (κ2) is 7.65. The van der Waals surface area contributed by atoms with E-state index in [1.807, 2.05) is 19.9 Å². The van der Waals surface area contributed by atoms with Crippen LogP contribution in [0.1, 0.15) is 17.0 Å². The standard InChI is InChI=1S/C18H18F3N5O/c1-12-9-13(2)26(25-12)17-11-22-10-16(24-17)23-7-8-27-15-5-3-14(4-6-15)18(19,20)21/h3-6,9-11H,7-8H2,1-2H3,(H,23,24). The van der Waals surface area contributed by atoms with E-state index in [9.17, 15) is 13.2 Å². The molecule has 0 aliphatic carbocycles. The van der Waals surface area contributed by atoms with Gasteiger partial charge < -0.3 is 10.1 Å². The third-order valence-corrected chi connectivity index (χ3v) is 3.71. The molecule has 1 aromatic carbocycles. The minimum atomic E-state index is -4.35. The number of halogens is 3. The molecule has 0 saturated heterocycles. The Labute approximate surface area is 154 Å². The summed E-state index contributed by atoms with van der Waals surface area (Å²) in [6.45, 7) is 4.50. The van der Waals surface area contributed by atoms with Crippen LogP contribution in [0.15, 0.2) is 42.7 Å². The van der Waals surface area contributed by atoms with Crippen molar-refractivity contribution in [1.82, 2.24) is 19.7 Å². The van der Waals surface area contributed by atoms with Gasteiger partial charge in [0.15, 0.2) is 5.82 Å². The van der Waals surface area contributed by atoms with Gasteiger partial charge in [-0.3, -0.25) is 4.98 Å². The van der Waals surface area contributed by atoms with Gasteiger partial charge in [0.2, 0.25) is 0 Å². The summed E-state index contributed by atoms with van der Waals surface area (Å²) in [5, 5.41) is 7.43. The van der Waals surface area contributed by atoms with E-state index in [-0.39, 0.29) is 6.61 Å². The first-order chi connectivity index (χ1) is 12.8. The minimum absolute atomic E-state index is 0.261. The van der Waals surface area contributed by atoms with Crippen molar-refractivity contribution in [3.63, 3.8) is 0 Å². The highest BCUT2D eigenvalue weighted by molar-refractivity contribution is 5.36. The van der Waals surface area contributed by atoms with Crippen LogP contribution in [0.2, 0.25) is 0 Å². The second-order valence-corrected chi connectivity index (χ2v) is 5.90. The van der Waals surface area contributed by atoms with Crippen molar-refractivity contribution < 1.29 is 17.9 Å². The number of aryl methyl sites for hydroxylation is 2. The summed E-state index contributed by atoms with van der Waals surface area (Å²) in [7, 11) is 0. The lowest BCUT2D eigenvalue weighted by molar-refractivity contribution is -0.137. The number of rotatable bonds is 6. The van der Waals surface area contributed by atoms with Crippen LogP contribution in [0.3, 0.4) is 0 Å². The molecule has 9 heteroatoms. The van der Waals surface area contributed by atoms with Crippen molar-refractivity contribution in [2.24, 2.45) is 0 Å². The van der Waals surface area contributed by atoms with Crippen LogP contribution in [-0.2, 0) is 6.18 Å². The molecule has 0 spiro atoms. The monoisotopic (exact) mass is 377 g/mol. The van der Waals surface area contributed by atoms with E-state index in [4.69, 9.17) is 4.74 Å². The number of benzene rings is 1. The lowest BCUT2D eigenvalue weighted by Gasteiger charge is -2.10. The largest absolute Gasteiger partial charge is 0.492 e. The molecule has 0 bridgehead atoms. The van der Waals surface area contributed by atoms with Crippen LogP contribution >= 0.6 is 0 Å². The zero-order valence-corrected chi connectivity index (χ0v) is 14.8. The topological polar surface area (TPSA) is 64.9 Å². The molecule has 3 rings (SSSR count). The van der Waals surface area contributed by atoms with Crippen LogP contribution in [0.25, 0.3) is 5.82 Å². The van der Waals surface area contributed by atoms with Gasteiger partial charge in [-0.15, -0.1) is 0 Å². The van der Waals surface area contributed by atoms with Crippen molar-refractivity contribution in [2.45, 2.75) is 20.0 Å². The van der Waals surface area contributed by atoms with Gasteiger partial charge in [-0.25, -0.2) is 9.67 Å². The molecule has 0 unspecified atom stereocenters. The second-order valence-electron chi connectivity index (χ2n) is 5.90. The Morgan fingerprint density at radius 3 is 2.48 bits per heavy atom. The van der Waals surface area contributed by atoms with Crippen molar-refractivity contribution in [3.05, 3.63) is 59.7 Å². The summed E-state index contributed by atoms with van der Waals surface area (Å²) in [6, 6.07) is 6.52. The van der Waals surface area contributed by atoms with Crippen molar-refractivity contribution in [3.8, 4) is 11.6 Å². The van der Waals surface area contributed by atoms with Gasteiger partial charge in [-0.05, 0) is 44.2 Å². The zero-order chi connectivity index (χ0) is 19.4. The number of alkyl halides is 3. The number of ether oxygens (including phenoxy) is 1. The molecule has 1 N–H and O–H groups in total. The van der Waals surface area contributed by atoms with E-state index in [2.05, 4.69) is 20.4 Å². The smallest absolute Gasteiger partial charge is 0.416 e. The SMILES string of the molecule is Cc1cc(C)n(-c2cncc(NCCOc3ccc(C(F)(F)F)cc3)n2)n1. The van der Waals surface area contributed by atoms with Crippen molar-refractivity contribution in [2.75, 3.05) is 18.5 Å². The lowest BCUT2D eigenvalue weighted by Crippen LogP contribution is -2.14. The molecule has 0 saturated carbocycles. The Morgan fingerprint density at radius 1 is 1.11 bits per heavy atom. The first kappa shape index (κ1) is 18.7. The van der Waals surface area contributed by atoms with Crippen molar-refractivity contribution >= 4 is 5.82 Å². The molecule has 0 fully saturated rings. The van der Waals surface area contributed by atoms with Crippen LogP contribution < -0.4 is 10.1 Å². The molecule has 0 aliphatic heterocycles. The Hall–Kier alpha value is -3.10. The maximum absolute atomic E-state index is 12.5. The number of hydrogen-bond donors (Lipinski definition) is 1. The fourth-order valence-corrected chi connectivity index (χ4v) is 2.49. The van der Waals surface area contributed by atoms with E-state index in [0.717, 1.165) is 23.5 Å². The highest BCUT2D eigenvalue weighted by atomic mass is 19.4. The number of anilines is 1. The minimum Gasteiger partial charge on any atom is -0.492 e. The Morgan fingerprint density at radius 2 is 1.85 bits per heavy atom. The normalized spacial score (nSPS) is 11.4. The Kier molecular flexibility index (Phi) is 5.29. The Bertz CT molecular complexity index is 906. The molecule has 142 valence electrons. The molecule has 2 heterocycles. The number of hydrogen-bond acceptors (Lipinski definition) is 5. The molecule has 27 heavy (non-hydrogen) atoms. The van der Waals surface area contributed by atoms with Crippen LogP contribution in [0.4, 0.5) is 19.0 Å². The molecule has 0 amide bonds. The summed E-state index contributed by atoms with van der Waals surface area (Å²) in [6.07, 6.45) is -1.16. The van der Waals surface area contributed by atoms with Gasteiger partial charge in [0.25, 0.3) is 0 Å². The number of nitrogens with one attached hydrogen (secondary N) is 1.